The summed E-state index contributed by atoms with van der Waals surface area (Å²) in [4.78, 5) is 16.6. The zero-order valence-corrected chi connectivity index (χ0v) is 12.2. The largest absolute Gasteiger partial charge is 0.302 e. The van der Waals surface area contributed by atoms with Crippen LogP contribution in [-0.4, -0.2) is 10.9 Å². The lowest BCUT2D eigenvalue weighted by atomic mass is 9.86. The lowest BCUT2D eigenvalue weighted by molar-refractivity contribution is -0.117. The summed E-state index contributed by atoms with van der Waals surface area (Å²) < 4.78 is 1.13. The first-order valence-electron chi connectivity index (χ1n) is 7.43. The SMILES string of the molecule is O=C(C[C@H]1C[C@H]2CC[C@@H]1C2)Nc1nc2ccccc2s1. The Kier molecular flexibility index (Phi) is 2.99. The number of nitrogens with zero attached hydrogens (tertiary/aromatic N) is 1. The fourth-order valence-corrected chi connectivity index (χ4v) is 4.84. The zero-order valence-electron chi connectivity index (χ0n) is 11.3. The number of amides is 1. The van der Waals surface area contributed by atoms with E-state index in [2.05, 4.69) is 10.3 Å². The van der Waals surface area contributed by atoms with Gasteiger partial charge in [0, 0.05) is 6.42 Å². The predicted molar refractivity (Wildman–Crippen MR) is 81.8 cm³/mol. The maximum Gasteiger partial charge on any atom is 0.226 e. The number of para-hydroxylation sites is 1. The van der Waals surface area contributed by atoms with Gasteiger partial charge in [0.05, 0.1) is 10.2 Å². The van der Waals surface area contributed by atoms with E-state index in [1.165, 1.54) is 25.7 Å². The molecule has 0 radical (unpaired) electrons. The molecule has 4 heteroatoms. The molecule has 1 heterocycles. The second-order valence-corrected chi connectivity index (χ2v) is 7.20. The summed E-state index contributed by atoms with van der Waals surface area (Å²) in [6.45, 7) is 0. The average molecular weight is 286 g/mol. The number of fused-ring (bicyclic) bond motifs is 3. The van der Waals surface area contributed by atoms with Crippen LogP contribution < -0.4 is 5.32 Å². The number of hydrogen-bond donors (Lipinski definition) is 1. The smallest absolute Gasteiger partial charge is 0.226 e. The van der Waals surface area contributed by atoms with Gasteiger partial charge in [-0.1, -0.05) is 29.9 Å². The van der Waals surface area contributed by atoms with Crippen LogP contribution in [0.2, 0.25) is 0 Å². The van der Waals surface area contributed by atoms with Crippen molar-refractivity contribution in [3.63, 3.8) is 0 Å². The van der Waals surface area contributed by atoms with Crippen LogP contribution in [0.15, 0.2) is 24.3 Å². The Hall–Kier alpha value is -1.42. The van der Waals surface area contributed by atoms with Gasteiger partial charge in [0.25, 0.3) is 0 Å². The molecule has 0 spiro atoms. The number of nitrogens with one attached hydrogen (secondary N) is 1. The molecule has 3 nitrogen and oxygen atoms in total. The quantitative estimate of drug-likeness (QED) is 0.924. The van der Waals surface area contributed by atoms with E-state index < -0.39 is 0 Å². The van der Waals surface area contributed by atoms with Crippen LogP contribution in [0.4, 0.5) is 5.13 Å². The third kappa shape index (κ3) is 2.22. The van der Waals surface area contributed by atoms with E-state index in [0.29, 0.717) is 12.3 Å². The molecule has 0 aliphatic heterocycles. The lowest BCUT2D eigenvalue weighted by Gasteiger charge is -2.20. The molecule has 1 aromatic carbocycles. The lowest BCUT2D eigenvalue weighted by Crippen LogP contribution is -2.20. The van der Waals surface area contributed by atoms with Gasteiger partial charge in [-0.2, -0.15) is 0 Å². The van der Waals surface area contributed by atoms with Crippen molar-refractivity contribution in [2.45, 2.75) is 32.1 Å². The fraction of sp³-hybridized carbons (Fsp3) is 0.500. The molecule has 1 amide bonds. The normalized spacial score (nSPS) is 28.1. The number of rotatable bonds is 3. The van der Waals surface area contributed by atoms with Crippen molar-refractivity contribution < 1.29 is 4.79 Å². The van der Waals surface area contributed by atoms with Crippen LogP contribution >= 0.6 is 11.3 Å². The third-order valence-electron chi connectivity index (χ3n) is 4.87. The standard InChI is InChI=1S/C16H18N2OS/c19-15(9-12-8-10-5-6-11(12)7-10)18-16-17-13-3-1-2-4-14(13)20-16/h1-4,10-12H,5-9H2,(H,17,18,19)/t10-,11+,12+/m0/s1. The number of thiazole rings is 1. The summed E-state index contributed by atoms with van der Waals surface area (Å²) in [5.41, 5.74) is 0.965. The van der Waals surface area contributed by atoms with Gasteiger partial charge in [-0.25, -0.2) is 4.98 Å². The Morgan fingerprint density at radius 1 is 1.30 bits per heavy atom. The van der Waals surface area contributed by atoms with Crippen LogP contribution in [0.5, 0.6) is 0 Å². The van der Waals surface area contributed by atoms with Gasteiger partial charge in [0.2, 0.25) is 5.91 Å². The molecule has 3 atom stereocenters. The number of carbonyl (C=O) groups is 1. The molecule has 2 aliphatic carbocycles. The van der Waals surface area contributed by atoms with E-state index in [-0.39, 0.29) is 5.91 Å². The minimum atomic E-state index is 0.140. The van der Waals surface area contributed by atoms with Gasteiger partial charge in [-0.05, 0) is 49.1 Å². The Morgan fingerprint density at radius 3 is 2.95 bits per heavy atom. The van der Waals surface area contributed by atoms with E-state index in [1.807, 2.05) is 24.3 Å². The average Bonchev–Trinajstić information content (AvgIpc) is 3.11. The van der Waals surface area contributed by atoms with Gasteiger partial charge in [-0.3, -0.25) is 4.79 Å². The van der Waals surface area contributed by atoms with Crippen LogP contribution in [0, 0.1) is 17.8 Å². The molecule has 0 unspecified atom stereocenters. The second-order valence-electron chi connectivity index (χ2n) is 6.17. The molecule has 2 aromatic rings. The van der Waals surface area contributed by atoms with Gasteiger partial charge < -0.3 is 5.32 Å². The summed E-state index contributed by atoms with van der Waals surface area (Å²) in [6, 6.07) is 8.00. The van der Waals surface area contributed by atoms with E-state index in [4.69, 9.17) is 0 Å². The van der Waals surface area contributed by atoms with E-state index in [0.717, 1.165) is 27.2 Å². The van der Waals surface area contributed by atoms with E-state index >= 15 is 0 Å². The van der Waals surface area contributed by atoms with Crippen LogP contribution in [0.3, 0.4) is 0 Å². The number of carbonyl (C=O) groups excluding carboxylic acids is 1. The first-order valence-corrected chi connectivity index (χ1v) is 8.25. The first kappa shape index (κ1) is 12.3. The topological polar surface area (TPSA) is 42.0 Å². The maximum atomic E-state index is 12.2. The first-order chi connectivity index (χ1) is 9.78. The highest BCUT2D eigenvalue weighted by Gasteiger charge is 2.40. The van der Waals surface area contributed by atoms with Crippen LogP contribution in [0.25, 0.3) is 10.2 Å². The van der Waals surface area contributed by atoms with Gasteiger partial charge in [-0.15, -0.1) is 0 Å². The maximum absolute atomic E-state index is 12.2. The number of hydrogen-bond acceptors (Lipinski definition) is 3. The van der Waals surface area contributed by atoms with Gasteiger partial charge in [0.1, 0.15) is 0 Å². The number of benzene rings is 1. The molecule has 2 fully saturated rings. The second kappa shape index (κ2) is 4.85. The monoisotopic (exact) mass is 286 g/mol. The van der Waals surface area contributed by atoms with E-state index in [1.54, 1.807) is 11.3 Å². The van der Waals surface area contributed by atoms with Crippen molar-refractivity contribution in [1.82, 2.24) is 4.98 Å². The third-order valence-corrected chi connectivity index (χ3v) is 5.82. The number of anilines is 1. The van der Waals surface area contributed by atoms with Crippen molar-refractivity contribution >= 4 is 32.6 Å². The Balaban J connectivity index is 1.42. The van der Waals surface area contributed by atoms with Crippen molar-refractivity contribution in [3.8, 4) is 0 Å². The molecule has 2 bridgehead atoms. The molecule has 20 heavy (non-hydrogen) atoms. The molecular formula is C16H18N2OS. The molecule has 1 aromatic heterocycles. The Morgan fingerprint density at radius 2 is 2.20 bits per heavy atom. The van der Waals surface area contributed by atoms with Crippen LogP contribution in [0.1, 0.15) is 32.1 Å². The molecule has 2 saturated carbocycles. The summed E-state index contributed by atoms with van der Waals surface area (Å²) in [5, 5.41) is 3.72. The number of aromatic nitrogens is 1. The summed E-state index contributed by atoms with van der Waals surface area (Å²) in [5.74, 6) is 2.46. The fourth-order valence-electron chi connectivity index (χ4n) is 3.96. The van der Waals surface area contributed by atoms with Gasteiger partial charge in [0.15, 0.2) is 5.13 Å². The van der Waals surface area contributed by atoms with Crippen molar-refractivity contribution in [1.29, 1.82) is 0 Å². The molecule has 4 rings (SSSR count). The molecule has 0 saturated heterocycles. The van der Waals surface area contributed by atoms with E-state index in [9.17, 15) is 4.79 Å². The Labute approximate surface area is 122 Å². The summed E-state index contributed by atoms with van der Waals surface area (Å²) in [6.07, 6.45) is 6.03. The van der Waals surface area contributed by atoms with Gasteiger partial charge >= 0.3 is 0 Å². The zero-order chi connectivity index (χ0) is 13.5. The highest BCUT2D eigenvalue weighted by Crippen LogP contribution is 2.49. The molecule has 104 valence electrons. The highest BCUT2D eigenvalue weighted by atomic mass is 32.1. The summed E-state index contributed by atoms with van der Waals surface area (Å²) in [7, 11) is 0. The molecular weight excluding hydrogens is 268 g/mol. The minimum Gasteiger partial charge on any atom is -0.302 e. The van der Waals surface area contributed by atoms with Crippen molar-refractivity contribution in [3.05, 3.63) is 24.3 Å². The predicted octanol–water partition coefficient (Wildman–Crippen LogP) is 4.06. The van der Waals surface area contributed by atoms with Crippen molar-refractivity contribution in [2.75, 3.05) is 5.32 Å². The highest BCUT2D eigenvalue weighted by molar-refractivity contribution is 7.22. The van der Waals surface area contributed by atoms with Crippen LogP contribution in [-0.2, 0) is 4.79 Å². The molecule has 2 aliphatic rings. The van der Waals surface area contributed by atoms with Crippen molar-refractivity contribution in [2.24, 2.45) is 17.8 Å². The minimum absolute atomic E-state index is 0.140. The molecule has 1 N–H and O–H groups in total. The Bertz CT molecular complexity index is 618. The summed E-state index contributed by atoms with van der Waals surface area (Å²) >= 11 is 1.56.